The van der Waals surface area contributed by atoms with Crippen molar-refractivity contribution in [2.24, 2.45) is 0 Å². The molecule has 0 atom stereocenters. The van der Waals surface area contributed by atoms with Crippen molar-refractivity contribution in [1.82, 2.24) is 39.0 Å². The Morgan fingerprint density at radius 1 is 0.177 bits per heavy atom. The Labute approximate surface area is 718 Å². The van der Waals surface area contributed by atoms with E-state index in [9.17, 15) is 0 Å². The van der Waals surface area contributed by atoms with Crippen LogP contribution in [0.3, 0.4) is 0 Å². The number of fused-ring (bicyclic) bond motifs is 12. The number of aromatic nitrogens is 8. The number of rotatable bonds is 14. The van der Waals surface area contributed by atoms with E-state index >= 15 is 0 Å². The molecule has 0 N–H and O–H groups in total. The third-order valence-corrected chi connectivity index (χ3v) is 24.9. The van der Waals surface area contributed by atoms with Gasteiger partial charge in [0.1, 0.15) is 11.2 Å². The Morgan fingerprint density at radius 2 is 0.468 bits per heavy atom. The van der Waals surface area contributed by atoms with Crippen molar-refractivity contribution < 1.29 is 4.42 Å². The predicted octanol–water partition coefficient (Wildman–Crippen LogP) is 30.2. The van der Waals surface area contributed by atoms with Gasteiger partial charge in [-0.2, -0.15) is 0 Å². The number of thiophene rings is 1. The van der Waals surface area contributed by atoms with Gasteiger partial charge in [0.25, 0.3) is 0 Å². The lowest BCUT2D eigenvalue weighted by Crippen LogP contribution is -2.02. The molecule has 0 amide bonds. The zero-order valence-electron chi connectivity index (χ0n) is 67.0. The molecule has 0 saturated carbocycles. The van der Waals surface area contributed by atoms with Gasteiger partial charge in [-0.1, -0.05) is 328 Å². The van der Waals surface area contributed by atoms with Gasteiger partial charge in [0.2, 0.25) is 0 Å². The van der Waals surface area contributed by atoms with E-state index in [1.165, 1.54) is 75.1 Å². The van der Waals surface area contributed by atoms with Crippen LogP contribution >= 0.6 is 11.3 Å². The van der Waals surface area contributed by atoms with Crippen LogP contribution in [0.25, 0.3) is 232 Å². The van der Waals surface area contributed by atoms with Crippen molar-refractivity contribution in [1.29, 1.82) is 0 Å². The second kappa shape index (κ2) is 31.1. The summed E-state index contributed by atoms with van der Waals surface area (Å²) in [5.74, 6) is 3.79. The first-order chi connectivity index (χ1) is 61.4. The molecular formula is C114H72N8OS. The minimum Gasteiger partial charge on any atom is -0.456 e. The Balaban J connectivity index is 0.000000143. The van der Waals surface area contributed by atoms with E-state index in [0.717, 1.165) is 122 Å². The predicted molar refractivity (Wildman–Crippen MR) is 514 cm³/mol. The van der Waals surface area contributed by atoms with Gasteiger partial charge in [0, 0.05) is 97.0 Å². The SMILES string of the molecule is c1ccc(-c2ccc3oc4ccc(-c5ccc6c(c5)c5ccccc5n6-c5ccc(-c6nc(-c7ccccc7)nc(-c7ccccc7)n6)cc5-c5ccccc5)cc4c3c2)cc1.c1ccc(-c2nc(-c3ccccc3)nc(-c3ccc(-n4c5ccccc5c5cc(-c6ccc7sc8c(-c9ccccc9)cccc8c7c6)ccc54)c(-c4ccccc4)c3)n2)cc1. The summed E-state index contributed by atoms with van der Waals surface area (Å²) in [6, 6.07) is 154. The molecule has 0 aliphatic heterocycles. The Hall–Kier alpha value is -16.4. The van der Waals surface area contributed by atoms with E-state index in [4.69, 9.17) is 34.3 Å². The fourth-order valence-electron chi connectivity index (χ4n) is 17.7. The summed E-state index contributed by atoms with van der Waals surface area (Å²) in [6.45, 7) is 0. The third-order valence-electron chi connectivity index (χ3n) is 23.7. The summed E-state index contributed by atoms with van der Waals surface area (Å²) in [5, 5.41) is 9.60. The van der Waals surface area contributed by atoms with Gasteiger partial charge in [-0.05, 0) is 165 Å². The summed E-state index contributed by atoms with van der Waals surface area (Å²) in [6.07, 6.45) is 0. The van der Waals surface area contributed by atoms with Gasteiger partial charge < -0.3 is 13.6 Å². The van der Waals surface area contributed by atoms with E-state index in [1.807, 2.05) is 133 Å². The van der Waals surface area contributed by atoms with Crippen LogP contribution in [-0.4, -0.2) is 39.0 Å². The van der Waals surface area contributed by atoms with Gasteiger partial charge in [0.15, 0.2) is 34.9 Å². The maximum Gasteiger partial charge on any atom is 0.164 e. The topological polar surface area (TPSA) is 100 Å². The van der Waals surface area contributed by atoms with Crippen molar-refractivity contribution in [2.75, 3.05) is 0 Å². The average molecular weight is 1600 g/mol. The summed E-state index contributed by atoms with van der Waals surface area (Å²) in [5.41, 5.74) is 28.0. The summed E-state index contributed by atoms with van der Waals surface area (Å²) in [4.78, 5) is 30.2. The Morgan fingerprint density at radius 3 is 0.871 bits per heavy atom. The van der Waals surface area contributed by atoms with Crippen molar-refractivity contribution >= 4 is 97.1 Å². The van der Waals surface area contributed by atoms with Crippen molar-refractivity contribution in [3.05, 3.63) is 437 Å². The second-order valence-corrected chi connectivity index (χ2v) is 32.2. The Kier molecular flexibility index (Phi) is 18.2. The number of hydrogen-bond donors (Lipinski definition) is 0. The maximum atomic E-state index is 6.34. The van der Waals surface area contributed by atoms with Crippen molar-refractivity contribution in [3.8, 4) is 146 Å². The molecule has 0 radical (unpaired) electrons. The van der Waals surface area contributed by atoms with E-state index in [1.54, 1.807) is 0 Å². The zero-order valence-corrected chi connectivity index (χ0v) is 67.8. The molecule has 0 aliphatic carbocycles. The molecule has 0 saturated heterocycles. The number of furan rings is 1. The molecule has 24 rings (SSSR count). The molecule has 124 heavy (non-hydrogen) atoms. The third kappa shape index (κ3) is 13.3. The lowest BCUT2D eigenvalue weighted by atomic mass is 9.99. The highest BCUT2D eigenvalue weighted by atomic mass is 32.1. The largest absolute Gasteiger partial charge is 0.456 e. The molecular weight excluding hydrogens is 1530 g/mol. The van der Waals surface area contributed by atoms with Crippen LogP contribution in [0, 0.1) is 0 Å². The van der Waals surface area contributed by atoms with Crippen LogP contribution in [0.1, 0.15) is 0 Å². The molecule has 10 heteroatoms. The number of hydrogen-bond acceptors (Lipinski definition) is 8. The van der Waals surface area contributed by atoms with Crippen LogP contribution in [0.2, 0.25) is 0 Å². The molecule has 0 bridgehead atoms. The normalized spacial score (nSPS) is 11.5. The zero-order chi connectivity index (χ0) is 82.0. The highest BCUT2D eigenvalue weighted by Gasteiger charge is 2.24. The first-order valence-corrected chi connectivity index (χ1v) is 42.5. The minimum absolute atomic E-state index is 0.618. The molecule has 9 nitrogen and oxygen atoms in total. The molecule has 0 fully saturated rings. The summed E-state index contributed by atoms with van der Waals surface area (Å²) in [7, 11) is 0. The minimum atomic E-state index is 0.618. The molecule has 6 aromatic heterocycles. The number of benzene rings is 18. The molecule has 6 heterocycles. The summed E-state index contributed by atoms with van der Waals surface area (Å²) >= 11 is 1.88. The fraction of sp³-hybridized carbons (Fsp3) is 0. The maximum absolute atomic E-state index is 6.34. The van der Waals surface area contributed by atoms with E-state index in [-0.39, 0.29) is 0 Å². The molecule has 0 unspecified atom stereocenters. The average Bonchev–Trinajstić information content (AvgIpc) is 1.58. The van der Waals surface area contributed by atoms with Gasteiger partial charge in [-0.25, -0.2) is 29.9 Å². The fourth-order valence-corrected chi connectivity index (χ4v) is 18.9. The molecule has 0 spiro atoms. The highest BCUT2D eigenvalue weighted by Crippen LogP contribution is 2.47. The van der Waals surface area contributed by atoms with Crippen molar-refractivity contribution in [2.45, 2.75) is 0 Å². The van der Waals surface area contributed by atoms with E-state index in [2.05, 4.69) is 325 Å². The van der Waals surface area contributed by atoms with Crippen molar-refractivity contribution in [3.63, 3.8) is 0 Å². The number of para-hydroxylation sites is 2. The highest BCUT2D eigenvalue weighted by molar-refractivity contribution is 7.26. The molecule has 18 aromatic carbocycles. The molecule has 580 valence electrons. The second-order valence-electron chi connectivity index (χ2n) is 31.2. The first kappa shape index (κ1) is 72.8. The van der Waals surface area contributed by atoms with Gasteiger partial charge >= 0.3 is 0 Å². The van der Waals surface area contributed by atoms with E-state index < -0.39 is 0 Å². The summed E-state index contributed by atoms with van der Waals surface area (Å²) < 4.78 is 13.8. The number of nitrogens with zero attached hydrogens (tertiary/aromatic N) is 8. The van der Waals surface area contributed by atoms with Gasteiger partial charge in [0.05, 0.1) is 33.4 Å². The smallest absolute Gasteiger partial charge is 0.164 e. The monoisotopic (exact) mass is 1600 g/mol. The van der Waals surface area contributed by atoms with Gasteiger partial charge in [-0.15, -0.1) is 11.3 Å². The van der Waals surface area contributed by atoms with E-state index in [0.29, 0.717) is 34.9 Å². The van der Waals surface area contributed by atoms with Crippen LogP contribution in [0.4, 0.5) is 0 Å². The van der Waals surface area contributed by atoms with Gasteiger partial charge in [-0.3, -0.25) is 0 Å². The lowest BCUT2D eigenvalue weighted by molar-refractivity contribution is 0.669. The first-order valence-electron chi connectivity index (χ1n) is 41.7. The van der Waals surface area contributed by atoms with Crippen LogP contribution in [0.15, 0.2) is 441 Å². The van der Waals surface area contributed by atoms with Crippen LogP contribution in [-0.2, 0) is 0 Å². The Bertz CT molecular complexity index is 7740. The van der Waals surface area contributed by atoms with Crippen LogP contribution < -0.4 is 0 Å². The quantitative estimate of drug-likeness (QED) is 0.107. The van der Waals surface area contributed by atoms with Crippen LogP contribution in [0.5, 0.6) is 0 Å². The molecule has 24 aromatic rings. The standard InChI is InChI=1S/C57H36N4O.C57H36N4S/c1-5-15-37(16-6-1)41-27-31-53-48(34-41)49-35-43(28-32-54(49)62-53)42-25-29-52-47(33-42)45-23-13-14-24-50(45)61(52)51-30-26-44(36-46(51)38-17-7-2-8-18-38)57-59-55(39-19-9-3-10-20-39)58-56(60-57)40-21-11-4-12-22-40;1-5-16-37(17-6-1)44-25-15-26-46-49-35-42(30-33-53(49)62-54(44)46)41-28-31-52-48(34-41)45-24-13-14-27-50(45)61(52)51-32-29-43(36-47(51)38-18-7-2-8-19-38)57-59-55(39-20-9-3-10-21-39)58-56(60-57)40-22-11-4-12-23-40/h2*1-36H. The lowest BCUT2D eigenvalue weighted by Gasteiger charge is -2.16. The molecule has 0 aliphatic rings.